The zero-order chi connectivity index (χ0) is 17.3. The SMILES string of the molecule is COc1ccc2[nH]c(-c3c(CC=O)cccc3C(F)(F)F)cc2c1. The summed E-state index contributed by atoms with van der Waals surface area (Å²) >= 11 is 0. The molecule has 0 saturated carbocycles. The maximum absolute atomic E-state index is 13.4. The molecule has 3 rings (SSSR count). The van der Waals surface area contributed by atoms with Gasteiger partial charge in [-0.25, -0.2) is 0 Å². The molecule has 3 aromatic rings. The Bertz CT molecular complexity index is 897. The molecule has 1 N–H and O–H groups in total. The fourth-order valence-corrected chi connectivity index (χ4v) is 2.79. The van der Waals surface area contributed by atoms with Crippen LogP contribution in [0.25, 0.3) is 22.2 Å². The first-order valence-electron chi connectivity index (χ1n) is 7.24. The highest BCUT2D eigenvalue weighted by Crippen LogP contribution is 2.40. The first kappa shape index (κ1) is 16.1. The lowest BCUT2D eigenvalue weighted by Crippen LogP contribution is -2.09. The molecule has 0 radical (unpaired) electrons. The number of nitrogens with one attached hydrogen (secondary N) is 1. The van der Waals surface area contributed by atoms with E-state index in [-0.39, 0.29) is 12.0 Å². The molecule has 1 heterocycles. The van der Waals surface area contributed by atoms with Crippen molar-refractivity contribution < 1.29 is 22.7 Å². The summed E-state index contributed by atoms with van der Waals surface area (Å²) in [5.74, 6) is 0.616. The van der Waals surface area contributed by atoms with Gasteiger partial charge in [0.1, 0.15) is 12.0 Å². The Hall–Kier alpha value is -2.76. The molecule has 0 saturated heterocycles. The van der Waals surface area contributed by atoms with Gasteiger partial charge in [0.15, 0.2) is 0 Å². The van der Waals surface area contributed by atoms with E-state index in [0.717, 1.165) is 11.5 Å². The van der Waals surface area contributed by atoms with Gasteiger partial charge in [-0.15, -0.1) is 0 Å². The summed E-state index contributed by atoms with van der Waals surface area (Å²) in [5, 5.41) is 0.735. The van der Waals surface area contributed by atoms with E-state index in [1.54, 1.807) is 24.3 Å². The molecule has 3 nitrogen and oxygen atoms in total. The summed E-state index contributed by atoms with van der Waals surface area (Å²) in [6, 6.07) is 10.7. The molecule has 0 amide bonds. The zero-order valence-corrected chi connectivity index (χ0v) is 12.8. The lowest BCUT2D eigenvalue weighted by molar-refractivity contribution is -0.137. The molecule has 2 aromatic carbocycles. The van der Waals surface area contributed by atoms with Gasteiger partial charge in [-0.3, -0.25) is 0 Å². The number of H-pyrrole nitrogens is 1. The number of halogens is 3. The molecule has 1 aromatic heterocycles. The number of fused-ring (bicyclic) bond motifs is 1. The molecule has 0 atom stereocenters. The second-order valence-corrected chi connectivity index (χ2v) is 5.34. The molecule has 0 unspecified atom stereocenters. The Balaban J connectivity index is 2.25. The van der Waals surface area contributed by atoms with E-state index < -0.39 is 11.7 Å². The van der Waals surface area contributed by atoms with Gasteiger partial charge in [0.25, 0.3) is 0 Å². The third-order valence-electron chi connectivity index (χ3n) is 3.86. The van der Waals surface area contributed by atoms with Crippen molar-refractivity contribution in [1.29, 1.82) is 0 Å². The van der Waals surface area contributed by atoms with Crippen LogP contribution in [0.3, 0.4) is 0 Å². The lowest BCUT2D eigenvalue weighted by atomic mass is 9.96. The summed E-state index contributed by atoms with van der Waals surface area (Å²) in [5.41, 5.74) is 0.592. The molecule has 0 aliphatic heterocycles. The summed E-state index contributed by atoms with van der Waals surface area (Å²) in [6.07, 6.45) is -3.99. The number of aldehydes is 1. The molecule has 0 aliphatic carbocycles. The van der Waals surface area contributed by atoms with Crippen LogP contribution in [0, 0.1) is 0 Å². The average Bonchev–Trinajstić information content (AvgIpc) is 2.96. The summed E-state index contributed by atoms with van der Waals surface area (Å²) in [4.78, 5) is 13.9. The molecule has 0 fully saturated rings. The van der Waals surface area contributed by atoms with Crippen molar-refractivity contribution in [3.05, 3.63) is 53.6 Å². The Morgan fingerprint density at radius 2 is 1.96 bits per heavy atom. The number of carbonyl (C=O) groups excluding carboxylic acids is 1. The van der Waals surface area contributed by atoms with Crippen LogP contribution in [-0.4, -0.2) is 18.4 Å². The predicted octanol–water partition coefficient (Wildman–Crippen LogP) is 4.60. The Morgan fingerprint density at radius 3 is 2.62 bits per heavy atom. The van der Waals surface area contributed by atoms with Crippen LogP contribution >= 0.6 is 0 Å². The van der Waals surface area contributed by atoms with Crippen molar-refractivity contribution in [3.8, 4) is 17.0 Å². The Morgan fingerprint density at radius 1 is 1.17 bits per heavy atom. The second-order valence-electron chi connectivity index (χ2n) is 5.34. The minimum Gasteiger partial charge on any atom is -0.497 e. The first-order valence-corrected chi connectivity index (χ1v) is 7.24. The maximum Gasteiger partial charge on any atom is 0.417 e. The second kappa shape index (κ2) is 6.03. The van der Waals surface area contributed by atoms with Crippen LogP contribution in [0.15, 0.2) is 42.5 Å². The number of aromatic amines is 1. The van der Waals surface area contributed by atoms with Crippen molar-refractivity contribution in [2.24, 2.45) is 0 Å². The number of ether oxygens (including phenoxy) is 1. The van der Waals surface area contributed by atoms with Gasteiger partial charge in [-0.2, -0.15) is 13.2 Å². The topological polar surface area (TPSA) is 42.1 Å². The number of hydrogen-bond acceptors (Lipinski definition) is 2. The van der Waals surface area contributed by atoms with Crippen LogP contribution in [0.1, 0.15) is 11.1 Å². The third kappa shape index (κ3) is 2.87. The molecule has 124 valence electrons. The third-order valence-corrected chi connectivity index (χ3v) is 3.86. The molecule has 0 spiro atoms. The number of methoxy groups -OCH3 is 1. The number of aromatic nitrogens is 1. The Kier molecular flexibility index (Phi) is 4.05. The molecular weight excluding hydrogens is 319 g/mol. The highest BCUT2D eigenvalue weighted by Gasteiger charge is 2.35. The monoisotopic (exact) mass is 333 g/mol. The van der Waals surface area contributed by atoms with E-state index in [1.165, 1.54) is 19.2 Å². The van der Waals surface area contributed by atoms with E-state index in [0.29, 0.717) is 28.8 Å². The van der Waals surface area contributed by atoms with Crippen molar-refractivity contribution in [2.45, 2.75) is 12.6 Å². The minimum atomic E-state index is -4.51. The lowest BCUT2D eigenvalue weighted by Gasteiger charge is -2.15. The van der Waals surface area contributed by atoms with Gasteiger partial charge in [0, 0.05) is 28.6 Å². The van der Waals surface area contributed by atoms with Gasteiger partial charge < -0.3 is 14.5 Å². The molecule has 24 heavy (non-hydrogen) atoms. The number of rotatable bonds is 4. The van der Waals surface area contributed by atoms with Crippen LogP contribution in [0.5, 0.6) is 5.75 Å². The summed E-state index contributed by atoms with van der Waals surface area (Å²) < 4.78 is 45.4. The molecule has 6 heteroatoms. The zero-order valence-electron chi connectivity index (χ0n) is 12.8. The fourth-order valence-electron chi connectivity index (χ4n) is 2.79. The van der Waals surface area contributed by atoms with E-state index in [2.05, 4.69) is 4.98 Å². The molecular formula is C18H14F3NO2. The normalized spacial score (nSPS) is 11.7. The van der Waals surface area contributed by atoms with E-state index >= 15 is 0 Å². The van der Waals surface area contributed by atoms with Gasteiger partial charge in [0.2, 0.25) is 0 Å². The predicted molar refractivity (Wildman–Crippen MR) is 85.1 cm³/mol. The van der Waals surface area contributed by atoms with E-state index in [1.807, 2.05) is 0 Å². The number of hydrogen-bond donors (Lipinski definition) is 1. The Labute approximate surface area is 136 Å². The molecule has 0 aliphatic rings. The summed E-state index contributed by atoms with van der Waals surface area (Å²) in [7, 11) is 1.52. The first-order chi connectivity index (χ1) is 11.4. The minimum absolute atomic E-state index is 0.00673. The van der Waals surface area contributed by atoms with Gasteiger partial charge in [-0.05, 0) is 35.9 Å². The van der Waals surface area contributed by atoms with Gasteiger partial charge in [-0.1, -0.05) is 12.1 Å². The van der Waals surface area contributed by atoms with E-state index in [9.17, 15) is 18.0 Å². The van der Waals surface area contributed by atoms with Crippen molar-refractivity contribution in [1.82, 2.24) is 4.98 Å². The van der Waals surface area contributed by atoms with Crippen LogP contribution in [0.2, 0.25) is 0 Å². The quantitative estimate of drug-likeness (QED) is 0.709. The van der Waals surface area contributed by atoms with Crippen molar-refractivity contribution in [3.63, 3.8) is 0 Å². The molecule has 0 bridgehead atoms. The largest absolute Gasteiger partial charge is 0.497 e. The van der Waals surface area contributed by atoms with E-state index in [4.69, 9.17) is 4.74 Å². The van der Waals surface area contributed by atoms with Crippen LogP contribution in [0.4, 0.5) is 13.2 Å². The van der Waals surface area contributed by atoms with Crippen LogP contribution < -0.4 is 4.74 Å². The fraction of sp³-hybridized carbons (Fsp3) is 0.167. The average molecular weight is 333 g/mol. The number of carbonyl (C=O) groups is 1. The smallest absolute Gasteiger partial charge is 0.417 e. The number of benzene rings is 2. The van der Waals surface area contributed by atoms with Gasteiger partial charge >= 0.3 is 6.18 Å². The van der Waals surface area contributed by atoms with Crippen LogP contribution in [-0.2, 0) is 17.4 Å². The van der Waals surface area contributed by atoms with Gasteiger partial charge in [0.05, 0.1) is 12.7 Å². The maximum atomic E-state index is 13.4. The number of alkyl halides is 3. The highest BCUT2D eigenvalue weighted by atomic mass is 19.4. The van der Waals surface area contributed by atoms with Crippen molar-refractivity contribution >= 4 is 17.2 Å². The summed E-state index contributed by atoms with van der Waals surface area (Å²) in [6.45, 7) is 0. The van der Waals surface area contributed by atoms with Crippen molar-refractivity contribution in [2.75, 3.05) is 7.11 Å². The highest BCUT2D eigenvalue weighted by molar-refractivity contribution is 5.88. The standard InChI is InChI=1S/C18H14F3NO2/c1-24-13-5-6-15-12(9-13)10-16(22-15)17-11(7-8-23)3-2-4-14(17)18(19,20)21/h2-6,8-10,22H,7H2,1H3.